The van der Waals surface area contributed by atoms with Gasteiger partial charge in [0.25, 0.3) is 5.56 Å². The number of hydrogen-bond donors (Lipinski definition) is 1. The highest BCUT2D eigenvalue weighted by molar-refractivity contribution is 7.08. The Hall–Kier alpha value is -2.40. The molecule has 0 spiro atoms. The van der Waals surface area contributed by atoms with Crippen molar-refractivity contribution in [2.24, 2.45) is 0 Å². The van der Waals surface area contributed by atoms with Gasteiger partial charge in [-0.3, -0.25) is 14.7 Å². The number of nitrogens with one attached hydrogen (secondary N) is 1. The smallest absolute Gasteiger partial charge is 0.282 e. The van der Waals surface area contributed by atoms with Crippen LogP contribution < -0.4 is 5.56 Å². The number of benzene rings is 1. The van der Waals surface area contributed by atoms with Crippen molar-refractivity contribution in [3.8, 4) is 5.69 Å². The van der Waals surface area contributed by atoms with E-state index in [0.29, 0.717) is 16.9 Å². The fourth-order valence-corrected chi connectivity index (χ4v) is 2.75. The molecule has 0 bridgehead atoms. The first-order chi connectivity index (χ1) is 9.68. The number of rotatable bonds is 3. The third kappa shape index (κ3) is 2.02. The fraction of sp³-hybridized carbons (Fsp3) is 0.0667. The highest BCUT2D eigenvalue weighted by Crippen LogP contribution is 2.14. The van der Waals surface area contributed by atoms with Crippen LogP contribution in [0.3, 0.4) is 0 Å². The summed E-state index contributed by atoms with van der Waals surface area (Å²) in [5, 5.41) is 6.53. The van der Waals surface area contributed by atoms with E-state index in [1.807, 2.05) is 35.7 Å². The SMILES string of the molecule is Cc1[nH]n(-c2ccccc2)c(=O)c1C(=O)c1ccsc1. The Morgan fingerprint density at radius 1 is 1.20 bits per heavy atom. The summed E-state index contributed by atoms with van der Waals surface area (Å²) in [7, 11) is 0. The number of H-pyrrole nitrogens is 1. The Morgan fingerprint density at radius 2 is 1.95 bits per heavy atom. The van der Waals surface area contributed by atoms with Crippen LogP contribution in [0.15, 0.2) is 52.0 Å². The van der Waals surface area contributed by atoms with Gasteiger partial charge in [0.1, 0.15) is 5.56 Å². The van der Waals surface area contributed by atoms with Gasteiger partial charge in [-0.2, -0.15) is 11.3 Å². The molecule has 0 aliphatic heterocycles. The van der Waals surface area contributed by atoms with Gasteiger partial charge in [0.15, 0.2) is 0 Å². The van der Waals surface area contributed by atoms with Gasteiger partial charge in [0, 0.05) is 16.6 Å². The van der Waals surface area contributed by atoms with Crippen molar-refractivity contribution >= 4 is 17.1 Å². The van der Waals surface area contributed by atoms with Crippen molar-refractivity contribution in [2.75, 3.05) is 0 Å². The molecule has 0 amide bonds. The summed E-state index contributed by atoms with van der Waals surface area (Å²) in [5.41, 5.74) is 1.73. The molecule has 20 heavy (non-hydrogen) atoms. The van der Waals surface area contributed by atoms with Gasteiger partial charge in [0.2, 0.25) is 5.78 Å². The molecule has 0 saturated carbocycles. The minimum Gasteiger partial charge on any atom is -0.295 e. The van der Waals surface area contributed by atoms with E-state index in [2.05, 4.69) is 5.10 Å². The lowest BCUT2D eigenvalue weighted by molar-refractivity contribution is 0.103. The molecule has 0 fully saturated rings. The number of para-hydroxylation sites is 1. The van der Waals surface area contributed by atoms with Gasteiger partial charge < -0.3 is 0 Å². The van der Waals surface area contributed by atoms with E-state index in [4.69, 9.17) is 0 Å². The monoisotopic (exact) mass is 284 g/mol. The highest BCUT2D eigenvalue weighted by atomic mass is 32.1. The van der Waals surface area contributed by atoms with E-state index in [1.165, 1.54) is 16.0 Å². The average molecular weight is 284 g/mol. The maximum atomic E-state index is 12.4. The van der Waals surface area contributed by atoms with Crippen LogP contribution >= 0.6 is 11.3 Å². The van der Waals surface area contributed by atoms with Crippen molar-refractivity contribution < 1.29 is 4.79 Å². The molecule has 0 aliphatic carbocycles. The quantitative estimate of drug-likeness (QED) is 0.752. The molecule has 1 aromatic carbocycles. The second-order valence-electron chi connectivity index (χ2n) is 4.43. The van der Waals surface area contributed by atoms with E-state index in [0.717, 1.165) is 0 Å². The third-order valence-electron chi connectivity index (χ3n) is 3.10. The zero-order valence-electron chi connectivity index (χ0n) is 10.8. The topological polar surface area (TPSA) is 54.9 Å². The summed E-state index contributed by atoms with van der Waals surface area (Å²) in [6, 6.07) is 10.9. The highest BCUT2D eigenvalue weighted by Gasteiger charge is 2.20. The lowest BCUT2D eigenvalue weighted by Crippen LogP contribution is -2.20. The summed E-state index contributed by atoms with van der Waals surface area (Å²) in [4.78, 5) is 24.8. The number of carbonyl (C=O) groups is 1. The Bertz CT molecular complexity index is 798. The first-order valence-corrected chi connectivity index (χ1v) is 7.06. The molecule has 4 nitrogen and oxygen atoms in total. The second kappa shape index (κ2) is 4.94. The average Bonchev–Trinajstić information content (AvgIpc) is 3.08. The van der Waals surface area contributed by atoms with Crippen molar-refractivity contribution in [3.63, 3.8) is 0 Å². The van der Waals surface area contributed by atoms with Crippen LogP contribution in [-0.4, -0.2) is 15.6 Å². The third-order valence-corrected chi connectivity index (χ3v) is 3.78. The van der Waals surface area contributed by atoms with Crippen LogP contribution in [0.4, 0.5) is 0 Å². The Balaban J connectivity index is 2.13. The molecule has 3 rings (SSSR count). The summed E-state index contributed by atoms with van der Waals surface area (Å²) in [5.74, 6) is -0.236. The number of carbonyl (C=O) groups excluding carboxylic acids is 1. The lowest BCUT2D eigenvalue weighted by Gasteiger charge is -1.99. The molecule has 100 valence electrons. The van der Waals surface area contributed by atoms with Crippen molar-refractivity contribution in [1.82, 2.24) is 9.78 Å². The molecule has 0 aliphatic rings. The predicted molar refractivity (Wildman–Crippen MR) is 78.9 cm³/mol. The Labute approximate surface area is 119 Å². The number of thiophene rings is 1. The number of aromatic nitrogens is 2. The molecule has 0 saturated heterocycles. The van der Waals surface area contributed by atoms with Crippen LogP contribution in [0, 0.1) is 6.92 Å². The first kappa shape index (κ1) is 12.6. The molecular formula is C15H12N2O2S. The number of nitrogens with zero attached hydrogens (tertiary/aromatic N) is 1. The number of aryl methyl sites for hydroxylation is 1. The van der Waals surface area contributed by atoms with Gasteiger partial charge in [-0.15, -0.1) is 0 Å². The van der Waals surface area contributed by atoms with Gasteiger partial charge in [-0.25, -0.2) is 4.68 Å². The number of hydrogen-bond acceptors (Lipinski definition) is 3. The molecular weight excluding hydrogens is 272 g/mol. The molecule has 0 atom stereocenters. The standard InChI is InChI=1S/C15H12N2O2S/c1-10-13(14(18)11-7-8-20-9-11)15(19)17(16-10)12-5-3-2-4-6-12/h2-9,16H,1H3. The predicted octanol–water partition coefficient (Wildman–Crippen LogP) is 2.77. The zero-order valence-corrected chi connectivity index (χ0v) is 11.6. The first-order valence-electron chi connectivity index (χ1n) is 6.12. The minimum atomic E-state index is -0.315. The summed E-state index contributed by atoms with van der Waals surface area (Å²) in [6.07, 6.45) is 0. The zero-order chi connectivity index (χ0) is 14.1. The minimum absolute atomic E-state index is 0.201. The normalized spacial score (nSPS) is 10.7. The molecule has 3 aromatic rings. The number of ketones is 1. The van der Waals surface area contributed by atoms with Crippen LogP contribution in [0.1, 0.15) is 21.6 Å². The van der Waals surface area contributed by atoms with Gasteiger partial charge in [0.05, 0.1) is 5.69 Å². The van der Waals surface area contributed by atoms with Crippen molar-refractivity contribution in [2.45, 2.75) is 6.92 Å². The van der Waals surface area contributed by atoms with Gasteiger partial charge >= 0.3 is 0 Å². The van der Waals surface area contributed by atoms with E-state index < -0.39 is 0 Å². The molecule has 5 heteroatoms. The maximum Gasteiger partial charge on any atom is 0.282 e. The van der Waals surface area contributed by atoms with Crippen LogP contribution in [0.25, 0.3) is 5.69 Å². The van der Waals surface area contributed by atoms with Crippen LogP contribution in [0.2, 0.25) is 0 Å². The number of aromatic amines is 1. The van der Waals surface area contributed by atoms with E-state index in [-0.39, 0.29) is 16.9 Å². The molecule has 2 heterocycles. The largest absolute Gasteiger partial charge is 0.295 e. The summed E-state index contributed by atoms with van der Waals surface area (Å²) >= 11 is 1.44. The molecule has 0 radical (unpaired) electrons. The van der Waals surface area contributed by atoms with E-state index in [1.54, 1.807) is 18.4 Å². The Kier molecular flexibility index (Phi) is 3.12. The molecule has 1 N–H and O–H groups in total. The van der Waals surface area contributed by atoms with Gasteiger partial charge in [-0.05, 0) is 30.5 Å². The van der Waals surface area contributed by atoms with Gasteiger partial charge in [-0.1, -0.05) is 18.2 Å². The van der Waals surface area contributed by atoms with Crippen LogP contribution in [-0.2, 0) is 0 Å². The Morgan fingerprint density at radius 3 is 2.60 bits per heavy atom. The van der Waals surface area contributed by atoms with E-state index in [9.17, 15) is 9.59 Å². The van der Waals surface area contributed by atoms with Crippen molar-refractivity contribution in [3.05, 3.63) is 74.3 Å². The second-order valence-corrected chi connectivity index (χ2v) is 5.21. The lowest BCUT2D eigenvalue weighted by atomic mass is 10.1. The summed E-state index contributed by atoms with van der Waals surface area (Å²) in [6.45, 7) is 1.74. The fourth-order valence-electron chi connectivity index (χ4n) is 2.11. The maximum absolute atomic E-state index is 12.4. The van der Waals surface area contributed by atoms with E-state index >= 15 is 0 Å². The summed E-state index contributed by atoms with van der Waals surface area (Å²) < 4.78 is 1.40. The van der Waals surface area contributed by atoms with Crippen molar-refractivity contribution in [1.29, 1.82) is 0 Å². The molecule has 2 aromatic heterocycles. The molecule has 0 unspecified atom stereocenters. The van der Waals surface area contributed by atoms with Crippen LogP contribution in [0.5, 0.6) is 0 Å².